The van der Waals surface area contributed by atoms with Crippen LogP contribution in [0.3, 0.4) is 0 Å². The van der Waals surface area contributed by atoms with Crippen molar-refractivity contribution in [2.24, 2.45) is 11.8 Å². The van der Waals surface area contributed by atoms with Gasteiger partial charge in [0.05, 0.1) is 11.6 Å². The summed E-state index contributed by atoms with van der Waals surface area (Å²) in [5.41, 5.74) is 0.690. The molecule has 0 unspecified atom stereocenters. The summed E-state index contributed by atoms with van der Waals surface area (Å²) in [6, 6.07) is 7.16. The topological polar surface area (TPSA) is 67.3 Å². The maximum atomic E-state index is 12.6. The molecule has 2 aromatic rings. The van der Waals surface area contributed by atoms with Crippen LogP contribution in [0, 0.1) is 11.8 Å². The fourth-order valence-corrected chi connectivity index (χ4v) is 3.23. The SMILES string of the molecule is CC(C)COc1ccc(NC(=O)C2CCN(c3ncccn3)CC2)cc1Cl. The van der Waals surface area contributed by atoms with Crippen LogP contribution in [0.4, 0.5) is 11.6 Å². The highest BCUT2D eigenvalue weighted by atomic mass is 35.5. The van der Waals surface area contributed by atoms with Gasteiger partial charge in [-0.15, -0.1) is 0 Å². The Balaban J connectivity index is 1.53. The normalized spacial score (nSPS) is 15.0. The molecule has 2 heterocycles. The van der Waals surface area contributed by atoms with Crippen molar-refractivity contribution in [1.82, 2.24) is 9.97 Å². The molecule has 1 aliphatic heterocycles. The summed E-state index contributed by atoms with van der Waals surface area (Å²) in [6.45, 7) is 6.31. The molecule has 27 heavy (non-hydrogen) atoms. The van der Waals surface area contributed by atoms with Crippen molar-refractivity contribution in [1.29, 1.82) is 0 Å². The fraction of sp³-hybridized carbons (Fsp3) is 0.450. The Hall–Kier alpha value is -2.34. The zero-order valence-corrected chi connectivity index (χ0v) is 16.4. The minimum atomic E-state index is -0.0272. The van der Waals surface area contributed by atoms with E-state index in [2.05, 4.69) is 34.0 Å². The van der Waals surface area contributed by atoms with E-state index in [1.165, 1.54) is 0 Å². The van der Waals surface area contributed by atoms with Crippen molar-refractivity contribution >= 4 is 29.1 Å². The molecule has 7 heteroatoms. The molecule has 3 rings (SSSR count). The van der Waals surface area contributed by atoms with Crippen LogP contribution in [-0.4, -0.2) is 35.6 Å². The summed E-state index contributed by atoms with van der Waals surface area (Å²) in [5, 5.41) is 3.47. The number of piperidine rings is 1. The fourth-order valence-electron chi connectivity index (χ4n) is 2.99. The zero-order chi connectivity index (χ0) is 19.2. The van der Waals surface area contributed by atoms with Crippen LogP contribution in [0.1, 0.15) is 26.7 Å². The first-order valence-corrected chi connectivity index (χ1v) is 9.66. The summed E-state index contributed by atoms with van der Waals surface area (Å²) in [6.07, 6.45) is 5.01. The van der Waals surface area contributed by atoms with E-state index >= 15 is 0 Å². The van der Waals surface area contributed by atoms with E-state index in [1.807, 2.05) is 6.07 Å². The Morgan fingerprint density at radius 1 is 1.30 bits per heavy atom. The summed E-state index contributed by atoms with van der Waals surface area (Å²) >= 11 is 6.27. The van der Waals surface area contributed by atoms with Crippen LogP contribution < -0.4 is 15.0 Å². The van der Waals surface area contributed by atoms with E-state index in [4.69, 9.17) is 16.3 Å². The third-order valence-electron chi connectivity index (χ3n) is 4.47. The Morgan fingerprint density at radius 2 is 2.00 bits per heavy atom. The molecule has 0 spiro atoms. The molecule has 1 aromatic heterocycles. The number of ether oxygens (including phenoxy) is 1. The standard InChI is InChI=1S/C20H25ClN4O2/c1-14(2)13-27-18-5-4-16(12-17(18)21)24-19(26)15-6-10-25(11-7-15)20-22-8-3-9-23-20/h3-5,8-9,12,14-15H,6-7,10-11,13H2,1-2H3,(H,24,26). The zero-order valence-electron chi connectivity index (χ0n) is 15.7. The molecule has 6 nitrogen and oxygen atoms in total. The summed E-state index contributed by atoms with van der Waals surface area (Å²) in [7, 11) is 0. The minimum Gasteiger partial charge on any atom is -0.492 e. The third-order valence-corrected chi connectivity index (χ3v) is 4.77. The number of hydrogen-bond acceptors (Lipinski definition) is 5. The molecular weight excluding hydrogens is 364 g/mol. The number of anilines is 2. The van der Waals surface area contributed by atoms with E-state index in [1.54, 1.807) is 30.6 Å². The molecule has 1 amide bonds. The van der Waals surface area contributed by atoms with Gasteiger partial charge in [0.25, 0.3) is 0 Å². The van der Waals surface area contributed by atoms with Crippen molar-refractivity contribution in [3.8, 4) is 5.75 Å². The molecule has 1 aromatic carbocycles. The largest absolute Gasteiger partial charge is 0.492 e. The van der Waals surface area contributed by atoms with Gasteiger partial charge in [0, 0.05) is 37.1 Å². The van der Waals surface area contributed by atoms with Gasteiger partial charge in [-0.05, 0) is 43.0 Å². The Morgan fingerprint density at radius 3 is 2.63 bits per heavy atom. The van der Waals surface area contributed by atoms with E-state index in [9.17, 15) is 4.79 Å². The van der Waals surface area contributed by atoms with E-state index in [0.29, 0.717) is 29.0 Å². The lowest BCUT2D eigenvalue weighted by Gasteiger charge is -2.31. The number of carbonyl (C=O) groups is 1. The van der Waals surface area contributed by atoms with E-state index in [0.717, 1.165) is 31.9 Å². The summed E-state index contributed by atoms with van der Waals surface area (Å²) in [5.74, 6) is 1.78. The first kappa shape index (κ1) is 19.4. The number of carbonyl (C=O) groups excluding carboxylic acids is 1. The molecular formula is C20H25ClN4O2. The predicted octanol–water partition coefficient (Wildman–Crippen LogP) is 4.02. The van der Waals surface area contributed by atoms with Crippen molar-refractivity contribution in [3.63, 3.8) is 0 Å². The lowest BCUT2D eigenvalue weighted by molar-refractivity contribution is -0.120. The average Bonchev–Trinajstić information content (AvgIpc) is 2.68. The Bertz CT molecular complexity index is 762. The summed E-state index contributed by atoms with van der Waals surface area (Å²) < 4.78 is 5.67. The van der Waals surface area contributed by atoms with Crippen LogP contribution in [0.15, 0.2) is 36.7 Å². The third kappa shape index (κ3) is 5.32. The maximum absolute atomic E-state index is 12.6. The second kappa shape index (κ2) is 9.04. The van der Waals surface area contributed by atoms with Gasteiger partial charge in [-0.25, -0.2) is 9.97 Å². The quantitative estimate of drug-likeness (QED) is 0.809. The monoisotopic (exact) mass is 388 g/mol. The second-order valence-corrected chi connectivity index (χ2v) is 7.56. The van der Waals surface area contributed by atoms with Crippen LogP contribution in [-0.2, 0) is 4.79 Å². The highest BCUT2D eigenvalue weighted by Crippen LogP contribution is 2.29. The molecule has 0 bridgehead atoms. The van der Waals surface area contributed by atoms with Crippen molar-refractivity contribution in [3.05, 3.63) is 41.7 Å². The van der Waals surface area contributed by atoms with Gasteiger partial charge < -0.3 is 15.0 Å². The van der Waals surface area contributed by atoms with Gasteiger partial charge in [-0.2, -0.15) is 0 Å². The molecule has 0 atom stereocenters. The maximum Gasteiger partial charge on any atom is 0.227 e. The first-order valence-electron chi connectivity index (χ1n) is 9.28. The molecule has 0 aliphatic carbocycles. The molecule has 144 valence electrons. The molecule has 0 saturated carbocycles. The number of amides is 1. The van der Waals surface area contributed by atoms with Gasteiger partial charge in [0.1, 0.15) is 5.75 Å². The number of nitrogens with zero attached hydrogens (tertiary/aromatic N) is 3. The molecule has 1 saturated heterocycles. The van der Waals surface area contributed by atoms with Gasteiger partial charge in [-0.3, -0.25) is 4.79 Å². The van der Waals surface area contributed by atoms with Gasteiger partial charge in [0.15, 0.2) is 0 Å². The lowest BCUT2D eigenvalue weighted by atomic mass is 9.96. The smallest absolute Gasteiger partial charge is 0.227 e. The lowest BCUT2D eigenvalue weighted by Crippen LogP contribution is -2.39. The number of rotatable bonds is 6. The molecule has 0 radical (unpaired) electrons. The van der Waals surface area contributed by atoms with Crippen LogP contribution in [0.5, 0.6) is 5.75 Å². The Labute approximate surface area is 164 Å². The van der Waals surface area contributed by atoms with Crippen LogP contribution in [0.2, 0.25) is 5.02 Å². The van der Waals surface area contributed by atoms with Gasteiger partial charge >= 0.3 is 0 Å². The molecule has 1 fully saturated rings. The van der Waals surface area contributed by atoms with Crippen LogP contribution >= 0.6 is 11.6 Å². The van der Waals surface area contributed by atoms with E-state index in [-0.39, 0.29) is 11.8 Å². The predicted molar refractivity (Wildman–Crippen MR) is 107 cm³/mol. The molecule has 1 N–H and O–H groups in total. The highest BCUT2D eigenvalue weighted by molar-refractivity contribution is 6.32. The number of aromatic nitrogens is 2. The summed E-state index contributed by atoms with van der Waals surface area (Å²) in [4.78, 5) is 23.2. The first-order chi connectivity index (χ1) is 13.0. The van der Waals surface area contributed by atoms with Crippen molar-refractivity contribution in [2.45, 2.75) is 26.7 Å². The highest BCUT2D eigenvalue weighted by Gasteiger charge is 2.26. The van der Waals surface area contributed by atoms with Crippen molar-refractivity contribution < 1.29 is 9.53 Å². The number of hydrogen-bond donors (Lipinski definition) is 1. The minimum absolute atomic E-state index is 0.0237. The molecule has 1 aliphatic rings. The second-order valence-electron chi connectivity index (χ2n) is 7.15. The average molecular weight is 389 g/mol. The van der Waals surface area contributed by atoms with E-state index < -0.39 is 0 Å². The van der Waals surface area contributed by atoms with Crippen LogP contribution in [0.25, 0.3) is 0 Å². The van der Waals surface area contributed by atoms with Crippen molar-refractivity contribution in [2.75, 3.05) is 29.9 Å². The Kier molecular flexibility index (Phi) is 6.50. The number of nitrogens with one attached hydrogen (secondary N) is 1. The number of benzene rings is 1. The van der Waals surface area contributed by atoms with Gasteiger partial charge in [-0.1, -0.05) is 25.4 Å². The van der Waals surface area contributed by atoms with Gasteiger partial charge in [0.2, 0.25) is 11.9 Å². The number of halogens is 1.